The van der Waals surface area contributed by atoms with Gasteiger partial charge in [0.1, 0.15) is 12.0 Å². The minimum atomic E-state index is -0.866. The van der Waals surface area contributed by atoms with Crippen LogP contribution in [0, 0.1) is 12.8 Å². The predicted molar refractivity (Wildman–Crippen MR) is 75.7 cm³/mol. The molecule has 0 saturated heterocycles. The number of nitrogens with zero attached hydrogens (tertiary/aromatic N) is 3. The Morgan fingerprint density at radius 2 is 2.25 bits per heavy atom. The summed E-state index contributed by atoms with van der Waals surface area (Å²) < 4.78 is 7.25. The average Bonchev–Trinajstić information content (AvgIpc) is 2.93. The second kappa shape index (κ2) is 6.13. The molecule has 0 radical (unpaired) electrons. The van der Waals surface area contributed by atoms with Gasteiger partial charge in [-0.1, -0.05) is 25.6 Å². The van der Waals surface area contributed by atoms with Crippen LogP contribution in [0.3, 0.4) is 0 Å². The number of thioether (sulfide) groups is 1. The minimum absolute atomic E-state index is 0.0271. The Morgan fingerprint density at radius 1 is 1.50 bits per heavy atom. The highest BCUT2D eigenvalue weighted by Crippen LogP contribution is 2.26. The van der Waals surface area contributed by atoms with Gasteiger partial charge in [-0.2, -0.15) is 0 Å². The van der Waals surface area contributed by atoms with Crippen LogP contribution in [-0.4, -0.2) is 31.6 Å². The van der Waals surface area contributed by atoms with E-state index in [1.54, 1.807) is 6.26 Å². The standard InChI is InChI=1S/C13H17N3O3S/c1-8(2)5-16-12(10-4-9(3)19-6-10)14-15-13(16)20-7-11(17)18/h4,6,8H,5,7H2,1-3H3,(H,17,18). The molecular formula is C13H17N3O3S. The van der Waals surface area contributed by atoms with Crippen molar-refractivity contribution in [2.45, 2.75) is 32.5 Å². The van der Waals surface area contributed by atoms with Gasteiger partial charge in [0.25, 0.3) is 0 Å². The summed E-state index contributed by atoms with van der Waals surface area (Å²) in [5.74, 6) is 1.03. The van der Waals surface area contributed by atoms with Crippen LogP contribution in [-0.2, 0) is 11.3 Å². The molecule has 0 aliphatic rings. The van der Waals surface area contributed by atoms with E-state index in [9.17, 15) is 4.79 Å². The zero-order chi connectivity index (χ0) is 14.7. The van der Waals surface area contributed by atoms with Crippen LogP contribution in [0.25, 0.3) is 11.4 Å². The first-order chi connectivity index (χ1) is 9.47. The van der Waals surface area contributed by atoms with Gasteiger partial charge >= 0.3 is 5.97 Å². The summed E-state index contributed by atoms with van der Waals surface area (Å²) in [6.07, 6.45) is 1.64. The van der Waals surface area contributed by atoms with E-state index in [1.165, 1.54) is 11.8 Å². The fourth-order valence-electron chi connectivity index (χ4n) is 1.83. The third kappa shape index (κ3) is 3.41. The van der Waals surface area contributed by atoms with E-state index in [4.69, 9.17) is 9.52 Å². The van der Waals surface area contributed by atoms with E-state index < -0.39 is 5.97 Å². The Morgan fingerprint density at radius 3 is 2.80 bits per heavy atom. The molecule has 7 heteroatoms. The first kappa shape index (κ1) is 14.6. The maximum absolute atomic E-state index is 10.7. The molecule has 2 heterocycles. The molecule has 0 aromatic carbocycles. The highest BCUT2D eigenvalue weighted by atomic mass is 32.2. The van der Waals surface area contributed by atoms with Gasteiger partial charge in [-0.25, -0.2) is 0 Å². The first-order valence-corrected chi connectivity index (χ1v) is 7.29. The number of carboxylic acid groups (broad SMARTS) is 1. The Balaban J connectivity index is 2.33. The van der Waals surface area contributed by atoms with Crippen molar-refractivity contribution in [2.24, 2.45) is 5.92 Å². The van der Waals surface area contributed by atoms with Gasteiger partial charge in [0, 0.05) is 6.54 Å². The Kier molecular flexibility index (Phi) is 4.49. The highest BCUT2D eigenvalue weighted by Gasteiger charge is 2.17. The van der Waals surface area contributed by atoms with Crippen LogP contribution in [0.5, 0.6) is 0 Å². The average molecular weight is 295 g/mol. The molecule has 1 N–H and O–H groups in total. The zero-order valence-corrected chi connectivity index (χ0v) is 12.5. The van der Waals surface area contributed by atoms with Crippen molar-refractivity contribution in [1.29, 1.82) is 0 Å². The molecule has 108 valence electrons. The topological polar surface area (TPSA) is 81.1 Å². The zero-order valence-electron chi connectivity index (χ0n) is 11.7. The lowest BCUT2D eigenvalue weighted by Crippen LogP contribution is -2.08. The van der Waals surface area contributed by atoms with Gasteiger partial charge in [0.05, 0.1) is 11.3 Å². The second-order valence-electron chi connectivity index (χ2n) is 4.94. The van der Waals surface area contributed by atoms with Gasteiger partial charge in [0.15, 0.2) is 11.0 Å². The predicted octanol–water partition coefficient (Wildman–Crippen LogP) is 2.68. The smallest absolute Gasteiger partial charge is 0.313 e. The number of hydrogen-bond donors (Lipinski definition) is 1. The number of rotatable bonds is 6. The van der Waals surface area contributed by atoms with Crippen LogP contribution in [0.2, 0.25) is 0 Å². The Bertz CT molecular complexity index is 604. The third-order valence-electron chi connectivity index (χ3n) is 2.58. The van der Waals surface area contributed by atoms with Gasteiger partial charge in [0.2, 0.25) is 0 Å². The SMILES string of the molecule is Cc1cc(-c2nnc(SCC(=O)O)n2CC(C)C)co1. The van der Waals surface area contributed by atoms with Crippen LogP contribution in [0.15, 0.2) is 21.9 Å². The Labute approximate surface area is 121 Å². The number of furan rings is 1. The van der Waals surface area contributed by atoms with Crippen molar-refractivity contribution in [1.82, 2.24) is 14.8 Å². The summed E-state index contributed by atoms with van der Waals surface area (Å²) in [6.45, 7) is 6.79. The molecule has 0 spiro atoms. The van der Waals surface area contributed by atoms with E-state index >= 15 is 0 Å². The summed E-state index contributed by atoms with van der Waals surface area (Å²) in [7, 11) is 0. The molecule has 0 saturated carbocycles. The van der Waals surface area contributed by atoms with Crippen molar-refractivity contribution < 1.29 is 14.3 Å². The van der Waals surface area contributed by atoms with Gasteiger partial charge in [-0.05, 0) is 18.9 Å². The molecule has 0 aliphatic heterocycles. The second-order valence-corrected chi connectivity index (χ2v) is 5.88. The van der Waals surface area contributed by atoms with Crippen molar-refractivity contribution in [2.75, 3.05) is 5.75 Å². The number of aromatic nitrogens is 3. The molecule has 0 aliphatic carbocycles. The fourth-order valence-corrected chi connectivity index (χ4v) is 2.49. The fraction of sp³-hybridized carbons (Fsp3) is 0.462. The quantitative estimate of drug-likeness (QED) is 0.825. The summed E-state index contributed by atoms with van der Waals surface area (Å²) >= 11 is 1.18. The number of aryl methyl sites for hydroxylation is 1. The Hall–Kier alpha value is -1.76. The summed E-state index contributed by atoms with van der Waals surface area (Å²) in [5, 5.41) is 17.7. The molecule has 6 nitrogen and oxygen atoms in total. The maximum Gasteiger partial charge on any atom is 0.313 e. The lowest BCUT2D eigenvalue weighted by molar-refractivity contribution is -0.133. The molecule has 0 bridgehead atoms. The molecule has 2 aromatic rings. The minimum Gasteiger partial charge on any atom is -0.481 e. The lowest BCUT2D eigenvalue weighted by Gasteiger charge is -2.11. The van der Waals surface area contributed by atoms with Gasteiger partial charge < -0.3 is 14.1 Å². The molecular weight excluding hydrogens is 278 g/mol. The highest BCUT2D eigenvalue weighted by molar-refractivity contribution is 7.99. The third-order valence-corrected chi connectivity index (χ3v) is 3.53. The molecule has 20 heavy (non-hydrogen) atoms. The molecule has 0 atom stereocenters. The number of hydrogen-bond acceptors (Lipinski definition) is 5. The van der Waals surface area contributed by atoms with Crippen LogP contribution < -0.4 is 0 Å². The first-order valence-electron chi connectivity index (χ1n) is 6.30. The summed E-state index contributed by atoms with van der Waals surface area (Å²) in [6, 6.07) is 1.90. The summed E-state index contributed by atoms with van der Waals surface area (Å²) in [4.78, 5) is 10.7. The largest absolute Gasteiger partial charge is 0.481 e. The molecule has 2 rings (SSSR count). The normalized spacial score (nSPS) is 11.2. The molecule has 0 fully saturated rings. The van der Waals surface area contributed by atoms with Crippen molar-refractivity contribution in [3.8, 4) is 11.4 Å². The van der Waals surface area contributed by atoms with E-state index in [-0.39, 0.29) is 5.75 Å². The number of aliphatic carboxylic acids is 1. The molecule has 0 amide bonds. The van der Waals surface area contributed by atoms with Crippen LogP contribution in [0.1, 0.15) is 19.6 Å². The number of carboxylic acids is 1. The van der Waals surface area contributed by atoms with Crippen molar-refractivity contribution >= 4 is 17.7 Å². The van der Waals surface area contributed by atoms with Crippen LogP contribution in [0.4, 0.5) is 0 Å². The maximum atomic E-state index is 10.7. The lowest BCUT2D eigenvalue weighted by atomic mass is 10.2. The van der Waals surface area contributed by atoms with E-state index in [0.717, 1.165) is 17.9 Å². The number of carbonyl (C=O) groups is 1. The van der Waals surface area contributed by atoms with E-state index in [2.05, 4.69) is 24.0 Å². The monoisotopic (exact) mass is 295 g/mol. The van der Waals surface area contributed by atoms with Gasteiger partial charge in [-0.15, -0.1) is 10.2 Å². The van der Waals surface area contributed by atoms with Crippen molar-refractivity contribution in [3.63, 3.8) is 0 Å². The van der Waals surface area contributed by atoms with E-state index in [0.29, 0.717) is 16.9 Å². The summed E-state index contributed by atoms with van der Waals surface area (Å²) in [5.41, 5.74) is 0.859. The molecule has 2 aromatic heterocycles. The van der Waals surface area contributed by atoms with E-state index in [1.807, 2.05) is 17.6 Å². The van der Waals surface area contributed by atoms with Crippen molar-refractivity contribution in [3.05, 3.63) is 18.1 Å². The van der Waals surface area contributed by atoms with Crippen LogP contribution >= 0.6 is 11.8 Å². The van der Waals surface area contributed by atoms with Gasteiger partial charge in [-0.3, -0.25) is 4.79 Å². The molecule has 0 unspecified atom stereocenters.